The minimum Gasteiger partial charge on any atom is -0.455 e. The average molecular weight is 471 g/mol. The van der Waals surface area contributed by atoms with Crippen molar-refractivity contribution in [3.05, 3.63) is 133 Å². The van der Waals surface area contributed by atoms with E-state index < -0.39 is 0 Å². The molecule has 1 aromatic heterocycles. The van der Waals surface area contributed by atoms with Crippen LogP contribution in [-0.4, -0.2) is 0 Å². The number of benzene rings is 7. The predicted molar refractivity (Wildman–Crippen MR) is 157 cm³/mol. The van der Waals surface area contributed by atoms with Crippen LogP contribution in [0.2, 0.25) is 0 Å². The lowest BCUT2D eigenvalue weighted by molar-refractivity contribution is 0.670. The first-order valence-electron chi connectivity index (χ1n) is 12.7. The van der Waals surface area contributed by atoms with Crippen LogP contribution in [0.25, 0.3) is 76.5 Å². The fraction of sp³-hybridized carbons (Fsp3) is 0. The Kier molecular flexibility index (Phi) is 4.29. The Hall–Kier alpha value is -4.88. The van der Waals surface area contributed by atoms with Crippen LogP contribution in [0.4, 0.5) is 0 Å². The number of hydrogen-bond acceptors (Lipinski definition) is 1. The molecule has 0 spiro atoms. The third-order valence-electron chi connectivity index (χ3n) is 7.60. The van der Waals surface area contributed by atoms with Gasteiger partial charge in [0, 0.05) is 16.3 Å². The van der Waals surface area contributed by atoms with E-state index in [4.69, 9.17) is 4.42 Å². The fourth-order valence-corrected chi connectivity index (χ4v) is 5.96. The lowest BCUT2D eigenvalue weighted by Gasteiger charge is -2.14. The first-order valence-corrected chi connectivity index (χ1v) is 12.7. The number of hydrogen-bond donors (Lipinski definition) is 0. The van der Waals surface area contributed by atoms with Gasteiger partial charge in [0.15, 0.2) is 0 Å². The van der Waals surface area contributed by atoms with Crippen molar-refractivity contribution >= 4 is 54.3 Å². The highest BCUT2D eigenvalue weighted by Crippen LogP contribution is 2.43. The molecule has 0 N–H and O–H groups in total. The van der Waals surface area contributed by atoms with Crippen LogP contribution >= 0.6 is 0 Å². The number of rotatable bonds is 2. The van der Waals surface area contributed by atoms with Gasteiger partial charge in [0.25, 0.3) is 0 Å². The Morgan fingerprint density at radius 2 is 0.973 bits per heavy atom. The zero-order valence-electron chi connectivity index (χ0n) is 20.1. The van der Waals surface area contributed by atoms with Crippen LogP contribution in [0.15, 0.2) is 138 Å². The van der Waals surface area contributed by atoms with Crippen LogP contribution in [-0.2, 0) is 0 Å². The van der Waals surface area contributed by atoms with Gasteiger partial charge in [0.1, 0.15) is 11.2 Å². The van der Waals surface area contributed by atoms with Gasteiger partial charge in [-0.25, -0.2) is 0 Å². The van der Waals surface area contributed by atoms with Crippen LogP contribution in [0.3, 0.4) is 0 Å². The molecule has 0 saturated heterocycles. The van der Waals surface area contributed by atoms with E-state index in [0.717, 1.165) is 27.7 Å². The molecule has 0 fully saturated rings. The Bertz CT molecular complexity index is 2090. The van der Waals surface area contributed by atoms with Crippen LogP contribution < -0.4 is 0 Å². The quantitative estimate of drug-likeness (QED) is 0.229. The summed E-state index contributed by atoms with van der Waals surface area (Å²) in [4.78, 5) is 0. The van der Waals surface area contributed by atoms with Gasteiger partial charge in [-0.1, -0.05) is 109 Å². The van der Waals surface area contributed by atoms with Gasteiger partial charge in [0.05, 0.1) is 0 Å². The molecule has 1 heteroatoms. The molecule has 172 valence electrons. The van der Waals surface area contributed by atoms with Crippen LogP contribution in [0.5, 0.6) is 0 Å². The lowest BCUT2D eigenvalue weighted by atomic mass is 9.90. The van der Waals surface area contributed by atoms with Crippen molar-refractivity contribution in [1.29, 1.82) is 0 Å². The fourth-order valence-electron chi connectivity index (χ4n) is 5.96. The highest BCUT2D eigenvalue weighted by molar-refractivity contribution is 6.22. The van der Waals surface area contributed by atoms with Crippen molar-refractivity contribution in [2.45, 2.75) is 0 Å². The van der Waals surface area contributed by atoms with Gasteiger partial charge in [-0.05, 0) is 73.3 Å². The van der Waals surface area contributed by atoms with Gasteiger partial charge in [-0.3, -0.25) is 0 Å². The topological polar surface area (TPSA) is 13.1 Å². The molecule has 0 radical (unpaired) electrons. The number of fused-ring (bicyclic) bond motifs is 7. The van der Waals surface area contributed by atoms with Crippen LogP contribution in [0, 0.1) is 0 Å². The predicted octanol–water partition coefficient (Wildman–Crippen LogP) is 10.4. The summed E-state index contributed by atoms with van der Waals surface area (Å²) in [7, 11) is 0. The molecule has 0 aliphatic heterocycles. The Labute approximate surface area is 214 Å². The number of furan rings is 1. The van der Waals surface area contributed by atoms with Gasteiger partial charge in [0.2, 0.25) is 0 Å². The second-order valence-corrected chi connectivity index (χ2v) is 9.72. The summed E-state index contributed by atoms with van der Waals surface area (Å²) in [6.45, 7) is 0. The summed E-state index contributed by atoms with van der Waals surface area (Å²) < 4.78 is 6.53. The Morgan fingerprint density at radius 1 is 0.405 bits per heavy atom. The largest absolute Gasteiger partial charge is 0.455 e. The van der Waals surface area contributed by atoms with E-state index in [2.05, 4.69) is 127 Å². The van der Waals surface area contributed by atoms with E-state index in [9.17, 15) is 0 Å². The molecule has 1 nitrogen and oxygen atoms in total. The van der Waals surface area contributed by atoms with Gasteiger partial charge in [-0.2, -0.15) is 0 Å². The molecule has 7 aromatic carbocycles. The molecule has 0 aliphatic carbocycles. The smallest absolute Gasteiger partial charge is 0.143 e. The molecule has 8 rings (SSSR count). The van der Waals surface area contributed by atoms with Gasteiger partial charge >= 0.3 is 0 Å². The minimum atomic E-state index is 0.923. The summed E-state index contributed by atoms with van der Waals surface area (Å²) in [6.07, 6.45) is 0. The molecule has 0 atom stereocenters. The first-order chi connectivity index (χ1) is 18.3. The molecule has 0 amide bonds. The van der Waals surface area contributed by atoms with Crippen molar-refractivity contribution in [2.75, 3.05) is 0 Å². The average Bonchev–Trinajstić information content (AvgIpc) is 3.35. The zero-order chi connectivity index (χ0) is 24.3. The molecular weight excluding hydrogens is 448 g/mol. The van der Waals surface area contributed by atoms with E-state index in [1.165, 1.54) is 48.8 Å². The molecule has 0 bridgehead atoms. The molecule has 1 heterocycles. The zero-order valence-corrected chi connectivity index (χ0v) is 20.1. The molecule has 37 heavy (non-hydrogen) atoms. The maximum atomic E-state index is 6.53. The second-order valence-electron chi connectivity index (χ2n) is 9.72. The van der Waals surface area contributed by atoms with Crippen molar-refractivity contribution < 1.29 is 4.42 Å². The van der Waals surface area contributed by atoms with Crippen molar-refractivity contribution in [1.82, 2.24) is 0 Å². The third kappa shape index (κ3) is 3.04. The lowest BCUT2D eigenvalue weighted by Crippen LogP contribution is -1.87. The third-order valence-corrected chi connectivity index (χ3v) is 7.60. The monoisotopic (exact) mass is 470 g/mol. The summed E-state index contributed by atoms with van der Waals surface area (Å²) in [5.74, 6) is 0. The van der Waals surface area contributed by atoms with Crippen molar-refractivity contribution in [2.24, 2.45) is 0 Å². The van der Waals surface area contributed by atoms with E-state index in [-0.39, 0.29) is 0 Å². The minimum absolute atomic E-state index is 0.923. The normalized spacial score (nSPS) is 11.8. The molecule has 0 aliphatic rings. The molecular formula is C36H22O. The van der Waals surface area contributed by atoms with Gasteiger partial charge in [-0.15, -0.1) is 0 Å². The number of para-hydroxylation sites is 1. The van der Waals surface area contributed by atoms with E-state index in [1.54, 1.807) is 0 Å². The summed E-state index contributed by atoms with van der Waals surface area (Å²) in [5.41, 5.74) is 6.63. The van der Waals surface area contributed by atoms with Crippen LogP contribution in [0.1, 0.15) is 0 Å². The van der Waals surface area contributed by atoms with Crippen molar-refractivity contribution in [3.8, 4) is 22.3 Å². The Morgan fingerprint density at radius 3 is 1.70 bits per heavy atom. The van der Waals surface area contributed by atoms with Gasteiger partial charge < -0.3 is 4.42 Å². The maximum Gasteiger partial charge on any atom is 0.143 e. The maximum absolute atomic E-state index is 6.53. The Balaban J connectivity index is 1.46. The standard InChI is InChI=1S/C36H22O/c1-4-15-28-23(10-1)20-24-11-2-5-16-29(24)34(28)27-14-9-13-25(21-27)32-22-26-12-3-6-17-30(26)35-31-18-7-8-19-33(31)37-36(32)35/h1-22H. The highest BCUT2D eigenvalue weighted by atomic mass is 16.3. The van der Waals surface area contributed by atoms with Crippen molar-refractivity contribution in [3.63, 3.8) is 0 Å². The SMILES string of the molecule is c1cc(-c2c3ccccc3cc3ccccc23)cc(-c2cc3ccccc3c3c2oc2ccccc23)c1. The molecule has 0 unspecified atom stereocenters. The van der Waals surface area contributed by atoms with E-state index in [0.29, 0.717) is 0 Å². The summed E-state index contributed by atoms with van der Waals surface area (Å²) >= 11 is 0. The summed E-state index contributed by atoms with van der Waals surface area (Å²) in [6, 6.07) is 47.8. The summed E-state index contributed by atoms with van der Waals surface area (Å²) in [5, 5.41) is 9.84. The van der Waals surface area contributed by atoms with E-state index >= 15 is 0 Å². The molecule has 0 saturated carbocycles. The van der Waals surface area contributed by atoms with E-state index in [1.807, 2.05) is 6.07 Å². The highest BCUT2D eigenvalue weighted by Gasteiger charge is 2.17. The second kappa shape index (κ2) is 7.81. The molecule has 8 aromatic rings. The first kappa shape index (κ1) is 20.3.